The first-order valence-electron chi connectivity index (χ1n) is 6.12. The summed E-state index contributed by atoms with van der Waals surface area (Å²) in [5, 5.41) is 11.4. The van der Waals surface area contributed by atoms with Crippen LogP contribution in [-0.4, -0.2) is 10.1 Å². The number of nitrogens with one attached hydrogen (secondary N) is 1. The summed E-state index contributed by atoms with van der Waals surface area (Å²) in [4.78, 5) is 3.23. The summed E-state index contributed by atoms with van der Waals surface area (Å²) in [5.74, 6) is 0. The molecule has 0 spiro atoms. The van der Waals surface area contributed by atoms with Gasteiger partial charge in [0.25, 0.3) is 0 Å². The predicted octanol–water partition coefficient (Wildman–Crippen LogP) is 3.44. The first-order chi connectivity index (χ1) is 8.84. The smallest absolute Gasteiger partial charge is 0.0831 e. The zero-order chi connectivity index (χ0) is 12.4. The van der Waals surface area contributed by atoms with Gasteiger partial charge < -0.3 is 10.1 Å². The van der Waals surface area contributed by atoms with E-state index in [0.29, 0.717) is 6.42 Å². The lowest BCUT2D eigenvalue weighted by atomic mass is 10.0. The number of aromatic amines is 1. The molecular formula is C16H15NO. The maximum atomic E-state index is 10.2. The number of H-pyrrole nitrogens is 1. The third-order valence-corrected chi connectivity index (χ3v) is 3.27. The van der Waals surface area contributed by atoms with Crippen molar-refractivity contribution in [2.45, 2.75) is 12.5 Å². The molecule has 0 saturated heterocycles. The molecule has 0 aliphatic carbocycles. The van der Waals surface area contributed by atoms with E-state index < -0.39 is 6.10 Å². The number of fused-ring (bicyclic) bond motifs is 1. The predicted molar refractivity (Wildman–Crippen MR) is 73.4 cm³/mol. The Balaban J connectivity index is 1.89. The number of rotatable bonds is 3. The largest absolute Gasteiger partial charge is 0.388 e. The molecule has 0 amide bonds. The number of aliphatic hydroxyl groups is 1. The molecule has 0 fully saturated rings. The van der Waals surface area contributed by atoms with Crippen LogP contribution in [0.3, 0.4) is 0 Å². The Morgan fingerprint density at radius 2 is 1.67 bits per heavy atom. The van der Waals surface area contributed by atoms with Crippen LogP contribution in [0.2, 0.25) is 0 Å². The van der Waals surface area contributed by atoms with Crippen LogP contribution in [0.5, 0.6) is 0 Å². The number of para-hydroxylation sites is 1. The van der Waals surface area contributed by atoms with E-state index in [-0.39, 0.29) is 0 Å². The van der Waals surface area contributed by atoms with Crippen molar-refractivity contribution < 1.29 is 5.11 Å². The van der Waals surface area contributed by atoms with Crippen LogP contribution in [0.4, 0.5) is 0 Å². The topological polar surface area (TPSA) is 36.0 Å². The van der Waals surface area contributed by atoms with Crippen molar-refractivity contribution in [2.24, 2.45) is 0 Å². The van der Waals surface area contributed by atoms with Crippen LogP contribution in [0, 0.1) is 0 Å². The van der Waals surface area contributed by atoms with E-state index in [1.807, 2.05) is 54.7 Å². The summed E-state index contributed by atoms with van der Waals surface area (Å²) in [6.45, 7) is 0. The minimum Gasteiger partial charge on any atom is -0.388 e. The standard InChI is InChI=1S/C16H15NO/c18-16(12-6-2-1-3-7-12)10-13-11-17-15-9-5-4-8-14(13)15/h1-9,11,16-18H,10H2/t16-/m0/s1. The summed E-state index contributed by atoms with van der Waals surface area (Å²) >= 11 is 0. The Labute approximate surface area is 106 Å². The molecule has 0 saturated carbocycles. The number of aliphatic hydroxyl groups excluding tert-OH is 1. The van der Waals surface area contributed by atoms with Gasteiger partial charge in [-0.15, -0.1) is 0 Å². The van der Waals surface area contributed by atoms with E-state index in [1.165, 1.54) is 5.39 Å². The highest BCUT2D eigenvalue weighted by atomic mass is 16.3. The first-order valence-corrected chi connectivity index (χ1v) is 6.12. The molecule has 18 heavy (non-hydrogen) atoms. The lowest BCUT2D eigenvalue weighted by Crippen LogP contribution is -2.00. The Bertz CT molecular complexity index is 642. The number of hydrogen-bond donors (Lipinski definition) is 2. The normalized spacial score (nSPS) is 12.7. The van der Waals surface area contributed by atoms with Crippen molar-refractivity contribution in [3.05, 3.63) is 71.9 Å². The Kier molecular flexibility index (Phi) is 2.87. The monoisotopic (exact) mass is 237 g/mol. The van der Waals surface area contributed by atoms with Crippen molar-refractivity contribution in [1.82, 2.24) is 4.98 Å². The van der Waals surface area contributed by atoms with Crippen LogP contribution in [0.1, 0.15) is 17.2 Å². The van der Waals surface area contributed by atoms with Gasteiger partial charge in [0.1, 0.15) is 0 Å². The van der Waals surface area contributed by atoms with E-state index in [1.54, 1.807) is 0 Å². The highest BCUT2D eigenvalue weighted by Crippen LogP contribution is 2.24. The fraction of sp³-hybridized carbons (Fsp3) is 0.125. The van der Waals surface area contributed by atoms with Gasteiger partial charge in [0.15, 0.2) is 0 Å². The minimum atomic E-state index is -0.453. The van der Waals surface area contributed by atoms with Gasteiger partial charge in [0.05, 0.1) is 6.10 Å². The molecule has 2 aromatic carbocycles. The van der Waals surface area contributed by atoms with Gasteiger partial charge in [-0.2, -0.15) is 0 Å². The van der Waals surface area contributed by atoms with E-state index >= 15 is 0 Å². The minimum absolute atomic E-state index is 0.453. The lowest BCUT2D eigenvalue weighted by Gasteiger charge is -2.10. The third-order valence-electron chi connectivity index (χ3n) is 3.27. The second kappa shape index (κ2) is 4.67. The molecule has 1 heterocycles. The zero-order valence-electron chi connectivity index (χ0n) is 10.0. The van der Waals surface area contributed by atoms with Gasteiger partial charge in [-0.05, 0) is 17.2 Å². The van der Waals surface area contributed by atoms with Gasteiger partial charge >= 0.3 is 0 Å². The van der Waals surface area contributed by atoms with Crippen molar-refractivity contribution in [3.63, 3.8) is 0 Å². The quantitative estimate of drug-likeness (QED) is 0.719. The average molecular weight is 237 g/mol. The van der Waals surface area contributed by atoms with Crippen LogP contribution in [0.25, 0.3) is 10.9 Å². The molecule has 3 aromatic rings. The fourth-order valence-electron chi connectivity index (χ4n) is 2.30. The highest BCUT2D eigenvalue weighted by Gasteiger charge is 2.11. The molecule has 2 N–H and O–H groups in total. The third kappa shape index (κ3) is 2.03. The summed E-state index contributed by atoms with van der Waals surface area (Å²) in [6, 6.07) is 17.9. The van der Waals surface area contributed by atoms with Gasteiger partial charge in [-0.1, -0.05) is 48.5 Å². The molecule has 1 aromatic heterocycles. The zero-order valence-corrected chi connectivity index (χ0v) is 10.0. The van der Waals surface area contributed by atoms with E-state index in [0.717, 1.165) is 16.6 Å². The molecule has 0 unspecified atom stereocenters. The summed E-state index contributed by atoms with van der Waals surface area (Å²) in [5.41, 5.74) is 3.23. The van der Waals surface area contributed by atoms with Crippen molar-refractivity contribution in [1.29, 1.82) is 0 Å². The van der Waals surface area contributed by atoms with Crippen LogP contribution >= 0.6 is 0 Å². The van der Waals surface area contributed by atoms with Gasteiger partial charge in [0.2, 0.25) is 0 Å². The summed E-state index contributed by atoms with van der Waals surface area (Å²) in [7, 11) is 0. The van der Waals surface area contributed by atoms with Crippen LogP contribution in [-0.2, 0) is 6.42 Å². The maximum absolute atomic E-state index is 10.2. The summed E-state index contributed by atoms with van der Waals surface area (Å²) < 4.78 is 0. The van der Waals surface area contributed by atoms with Crippen molar-refractivity contribution in [2.75, 3.05) is 0 Å². The van der Waals surface area contributed by atoms with Gasteiger partial charge in [0, 0.05) is 23.5 Å². The summed E-state index contributed by atoms with van der Waals surface area (Å²) in [6.07, 6.45) is 2.16. The number of benzene rings is 2. The van der Waals surface area contributed by atoms with Crippen LogP contribution < -0.4 is 0 Å². The molecule has 3 rings (SSSR count). The Morgan fingerprint density at radius 1 is 0.944 bits per heavy atom. The maximum Gasteiger partial charge on any atom is 0.0831 e. The van der Waals surface area contributed by atoms with Crippen molar-refractivity contribution >= 4 is 10.9 Å². The molecule has 2 heteroatoms. The number of hydrogen-bond acceptors (Lipinski definition) is 1. The molecule has 0 radical (unpaired) electrons. The highest BCUT2D eigenvalue weighted by molar-refractivity contribution is 5.83. The molecule has 90 valence electrons. The molecule has 0 aliphatic heterocycles. The van der Waals surface area contributed by atoms with Crippen LogP contribution in [0.15, 0.2) is 60.8 Å². The van der Waals surface area contributed by atoms with Gasteiger partial charge in [-0.25, -0.2) is 0 Å². The van der Waals surface area contributed by atoms with Gasteiger partial charge in [-0.3, -0.25) is 0 Å². The second-order valence-corrected chi connectivity index (χ2v) is 4.49. The second-order valence-electron chi connectivity index (χ2n) is 4.49. The lowest BCUT2D eigenvalue weighted by molar-refractivity contribution is 0.179. The molecule has 0 bridgehead atoms. The molecule has 2 nitrogen and oxygen atoms in total. The molecule has 1 atom stereocenters. The van der Waals surface area contributed by atoms with E-state index in [9.17, 15) is 5.11 Å². The molecule has 0 aliphatic rings. The molecular weight excluding hydrogens is 222 g/mol. The fourth-order valence-corrected chi connectivity index (χ4v) is 2.30. The van der Waals surface area contributed by atoms with E-state index in [4.69, 9.17) is 0 Å². The van der Waals surface area contributed by atoms with E-state index in [2.05, 4.69) is 11.1 Å². The first kappa shape index (κ1) is 11.1. The SMILES string of the molecule is O[C@@H](Cc1c[nH]c2ccccc12)c1ccccc1. The average Bonchev–Trinajstić information content (AvgIpc) is 2.83. The Hall–Kier alpha value is -2.06. The Morgan fingerprint density at radius 3 is 2.50 bits per heavy atom. The number of aromatic nitrogens is 1. The van der Waals surface area contributed by atoms with Crippen molar-refractivity contribution in [3.8, 4) is 0 Å².